The molecule has 0 spiro atoms. The third kappa shape index (κ3) is 2.55. The summed E-state index contributed by atoms with van der Waals surface area (Å²) in [5, 5.41) is 0. The van der Waals surface area contributed by atoms with Gasteiger partial charge in [0.2, 0.25) is 0 Å². The Bertz CT molecular complexity index is 507. The van der Waals surface area contributed by atoms with E-state index >= 15 is 0 Å². The van der Waals surface area contributed by atoms with Gasteiger partial charge in [0.15, 0.2) is 5.78 Å². The standard InChI is InChI=1S/C15H17NO3/c1-18-12-4-2-11(3-5-12)8-16-9-14(17)13-6-7-19-15(13)10-16/h2-6,15H,7-10H2,1H3. The van der Waals surface area contributed by atoms with Crippen molar-refractivity contribution in [3.05, 3.63) is 41.5 Å². The second-order valence-corrected chi connectivity index (χ2v) is 4.92. The van der Waals surface area contributed by atoms with Gasteiger partial charge in [-0.1, -0.05) is 12.1 Å². The van der Waals surface area contributed by atoms with Crippen molar-refractivity contribution in [2.75, 3.05) is 26.8 Å². The van der Waals surface area contributed by atoms with Gasteiger partial charge < -0.3 is 9.47 Å². The first-order valence-electron chi connectivity index (χ1n) is 6.46. The van der Waals surface area contributed by atoms with Gasteiger partial charge in [0.05, 0.1) is 26.4 Å². The zero-order valence-corrected chi connectivity index (χ0v) is 11.0. The number of fused-ring (bicyclic) bond motifs is 1. The molecule has 100 valence electrons. The number of rotatable bonds is 3. The summed E-state index contributed by atoms with van der Waals surface area (Å²) >= 11 is 0. The number of benzene rings is 1. The maximum Gasteiger partial charge on any atom is 0.175 e. The van der Waals surface area contributed by atoms with Crippen molar-refractivity contribution in [1.82, 2.24) is 4.90 Å². The lowest BCUT2D eigenvalue weighted by Gasteiger charge is -2.30. The van der Waals surface area contributed by atoms with Gasteiger partial charge in [-0.15, -0.1) is 0 Å². The van der Waals surface area contributed by atoms with Crippen molar-refractivity contribution >= 4 is 5.78 Å². The summed E-state index contributed by atoms with van der Waals surface area (Å²) in [6.45, 7) is 2.62. The monoisotopic (exact) mass is 259 g/mol. The lowest BCUT2D eigenvalue weighted by Crippen LogP contribution is -2.44. The van der Waals surface area contributed by atoms with E-state index in [1.807, 2.05) is 30.3 Å². The molecule has 4 heteroatoms. The predicted octanol–water partition coefficient (Wildman–Crippen LogP) is 1.41. The minimum Gasteiger partial charge on any atom is -0.497 e. The SMILES string of the molecule is COc1ccc(CN2CC(=O)C3=CCOC3C2)cc1. The molecule has 3 rings (SSSR count). The Labute approximate surface area is 112 Å². The van der Waals surface area contributed by atoms with Gasteiger partial charge in [0, 0.05) is 18.7 Å². The summed E-state index contributed by atoms with van der Waals surface area (Å²) < 4.78 is 10.7. The highest BCUT2D eigenvalue weighted by Gasteiger charge is 2.33. The zero-order chi connectivity index (χ0) is 13.2. The Kier molecular flexibility index (Phi) is 3.36. The third-order valence-electron chi connectivity index (χ3n) is 3.63. The molecule has 1 atom stereocenters. The molecule has 0 N–H and O–H groups in total. The van der Waals surface area contributed by atoms with Gasteiger partial charge in [0.1, 0.15) is 5.75 Å². The van der Waals surface area contributed by atoms with E-state index in [9.17, 15) is 4.79 Å². The molecule has 0 bridgehead atoms. The molecule has 1 saturated heterocycles. The molecule has 1 unspecified atom stereocenters. The van der Waals surface area contributed by atoms with Crippen LogP contribution in [-0.2, 0) is 16.1 Å². The van der Waals surface area contributed by atoms with Gasteiger partial charge in [-0.2, -0.15) is 0 Å². The lowest BCUT2D eigenvalue weighted by atomic mass is 10.0. The van der Waals surface area contributed by atoms with Crippen LogP contribution in [-0.4, -0.2) is 43.6 Å². The first-order valence-corrected chi connectivity index (χ1v) is 6.46. The van der Waals surface area contributed by atoms with Crippen molar-refractivity contribution < 1.29 is 14.3 Å². The molecule has 2 heterocycles. The first-order chi connectivity index (χ1) is 9.26. The third-order valence-corrected chi connectivity index (χ3v) is 3.63. The summed E-state index contributed by atoms with van der Waals surface area (Å²) in [4.78, 5) is 14.1. The topological polar surface area (TPSA) is 38.8 Å². The molecule has 0 amide bonds. The smallest absolute Gasteiger partial charge is 0.175 e. The number of methoxy groups -OCH3 is 1. The quantitative estimate of drug-likeness (QED) is 0.822. The number of carbonyl (C=O) groups is 1. The highest BCUT2D eigenvalue weighted by molar-refractivity contribution is 5.99. The van der Waals surface area contributed by atoms with E-state index in [2.05, 4.69) is 4.90 Å². The van der Waals surface area contributed by atoms with Crippen LogP contribution in [0.1, 0.15) is 5.56 Å². The number of ether oxygens (including phenoxy) is 2. The molecule has 2 aliphatic rings. The Morgan fingerprint density at radius 3 is 2.89 bits per heavy atom. The van der Waals surface area contributed by atoms with E-state index in [0.29, 0.717) is 13.2 Å². The van der Waals surface area contributed by atoms with Gasteiger partial charge in [-0.25, -0.2) is 0 Å². The van der Waals surface area contributed by atoms with Crippen molar-refractivity contribution in [3.8, 4) is 5.75 Å². The Morgan fingerprint density at radius 2 is 2.16 bits per heavy atom. The fourth-order valence-electron chi connectivity index (χ4n) is 2.62. The van der Waals surface area contributed by atoms with E-state index in [-0.39, 0.29) is 11.9 Å². The van der Waals surface area contributed by atoms with Crippen LogP contribution in [0.15, 0.2) is 35.9 Å². The summed E-state index contributed by atoms with van der Waals surface area (Å²) in [5.74, 6) is 1.05. The summed E-state index contributed by atoms with van der Waals surface area (Å²) in [6.07, 6.45) is 1.89. The van der Waals surface area contributed by atoms with E-state index in [1.54, 1.807) is 7.11 Å². The van der Waals surface area contributed by atoms with Crippen molar-refractivity contribution in [3.63, 3.8) is 0 Å². The van der Waals surface area contributed by atoms with E-state index in [1.165, 1.54) is 5.56 Å². The Hall–Kier alpha value is -1.65. The Morgan fingerprint density at radius 1 is 1.37 bits per heavy atom. The number of nitrogens with zero attached hydrogens (tertiary/aromatic N) is 1. The largest absolute Gasteiger partial charge is 0.497 e. The minimum atomic E-state index is -0.0282. The number of piperidine rings is 1. The minimum absolute atomic E-state index is 0.0282. The van der Waals surface area contributed by atoms with Crippen LogP contribution in [0.5, 0.6) is 5.75 Å². The molecule has 19 heavy (non-hydrogen) atoms. The molecular weight excluding hydrogens is 242 g/mol. The van der Waals surface area contributed by atoms with Gasteiger partial charge in [-0.05, 0) is 23.8 Å². The lowest BCUT2D eigenvalue weighted by molar-refractivity contribution is -0.120. The first kappa shape index (κ1) is 12.4. The molecule has 1 aromatic carbocycles. The second-order valence-electron chi connectivity index (χ2n) is 4.92. The Balaban J connectivity index is 1.66. The van der Waals surface area contributed by atoms with E-state index in [4.69, 9.17) is 9.47 Å². The van der Waals surface area contributed by atoms with Crippen LogP contribution < -0.4 is 4.74 Å². The fraction of sp³-hybridized carbons (Fsp3) is 0.400. The van der Waals surface area contributed by atoms with Gasteiger partial charge in [0.25, 0.3) is 0 Å². The molecule has 1 aromatic rings. The highest BCUT2D eigenvalue weighted by Crippen LogP contribution is 2.23. The number of Topliss-reactive ketones (excluding diaryl/α,β-unsaturated/α-hetero) is 1. The maximum absolute atomic E-state index is 12.0. The van der Waals surface area contributed by atoms with Crippen molar-refractivity contribution in [2.24, 2.45) is 0 Å². The number of hydrogen-bond acceptors (Lipinski definition) is 4. The number of likely N-dealkylation sites (tertiary alicyclic amines) is 1. The van der Waals surface area contributed by atoms with Crippen LogP contribution >= 0.6 is 0 Å². The molecular formula is C15H17NO3. The summed E-state index contributed by atoms with van der Waals surface area (Å²) in [6, 6.07) is 7.95. The fourth-order valence-corrected chi connectivity index (χ4v) is 2.62. The molecule has 0 aliphatic carbocycles. The van der Waals surface area contributed by atoms with E-state index in [0.717, 1.165) is 24.4 Å². The molecule has 4 nitrogen and oxygen atoms in total. The van der Waals surface area contributed by atoms with E-state index < -0.39 is 0 Å². The maximum atomic E-state index is 12.0. The zero-order valence-electron chi connectivity index (χ0n) is 11.0. The number of ketones is 1. The van der Waals surface area contributed by atoms with Crippen LogP contribution in [0.4, 0.5) is 0 Å². The molecule has 0 aromatic heterocycles. The van der Waals surface area contributed by atoms with Crippen molar-refractivity contribution in [1.29, 1.82) is 0 Å². The van der Waals surface area contributed by atoms with Crippen LogP contribution in [0, 0.1) is 0 Å². The highest BCUT2D eigenvalue weighted by atomic mass is 16.5. The number of carbonyl (C=O) groups excluding carboxylic acids is 1. The average Bonchev–Trinajstić information content (AvgIpc) is 2.88. The van der Waals surface area contributed by atoms with Gasteiger partial charge in [-0.3, -0.25) is 9.69 Å². The van der Waals surface area contributed by atoms with Crippen LogP contribution in [0.3, 0.4) is 0 Å². The van der Waals surface area contributed by atoms with Gasteiger partial charge >= 0.3 is 0 Å². The molecule has 0 radical (unpaired) electrons. The number of hydrogen-bond donors (Lipinski definition) is 0. The molecule has 2 aliphatic heterocycles. The van der Waals surface area contributed by atoms with Crippen molar-refractivity contribution in [2.45, 2.75) is 12.6 Å². The predicted molar refractivity (Wildman–Crippen MR) is 71.1 cm³/mol. The second kappa shape index (κ2) is 5.15. The van der Waals surface area contributed by atoms with Crippen LogP contribution in [0.2, 0.25) is 0 Å². The summed E-state index contributed by atoms with van der Waals surface area (Å²) in [5.41, 5.74) is 2.05. The average molecular weight is 259 g/mol. The summed E-state index contributed by atoms with van der Waals surface area (Å²) in [7, 11) is 1.66. The van der Waals surface area contributed by atoms with Crippen LogP contribution in [0.25, 0.3) is 0 Å². The normalized spacial score (nSPS) is 23.1. The molecule has 1 fully saturated rings. The molecule has 0 saturated carbocycles.